The average Bonchev–Trinajstić information content (AvgIpc) is 3.29. The number of aryl methyl sites for hydroxylation is 1. The number of rotatable bonds is 5. The van der Waals surface area contributed by atoms with Crippen molar-refractivity contribution in [2.24, 2.45) is 0 Å². The van der Waals surface area contributed by atoms with Crippen molar-refractivity contribution >= 4 is 46.1 Å². The highest BCUT2D eigenvalue weighted by atomic mass is 16.2. The Kier molecular flexibility index (Phi) is 5.66. The van der Waals surface area contributed by atoms with E-state index < -0.39 is 11.8 Å². The molecule has 7 nitrogen and oxygen atoms in total. The summed E-state index contributed by atoms with van der Waals surface area (Å²) in [5.74, 6) is -1.05. The number of nitrogens with zero attached hydrogens (tertiary/aromatic N) is 2. The lowest BCUT2D eigenvalue weighted by atomic mass is 10.1. The Morgan fingerprint density at radius 2 is 1.60 bits per heavy atom. The quantitative estimate of drug-likeness (QED) is 0.340. The minimum Gasteiger partial charge on any atom is -0.335 e. The van der Waals surface area contributed by atoms with E-state index in [0.717, 1.165) is 33.4 Å². The fourth-order valence-electron chi connectivity index (χ4n) is 4.29. The van der Waals surface area contributed by atoms with Crippen molar-refractivity contribution in [2.75, 3.05) is 10.3 Å². The van der Waals surface area contributed by atoms with Gasteiger partial charge in [-0.05, 0) is 50.3 Å². The average molecular weight is 465 g/mol. The van der Waals surface area contributed by atoms with Crippen LogP contribution in [0.25, 0.3) is 17.0 Å². The monoisotopic (exact) mass is 464 g/mol. The molecule has 35 heavy (non-hydrogen) atoms. The number of nitrogens with one attached hydrogen (secondary N) is 2. The summed E-state index contributed by atoms with van der Waals surface area (Å²) >= 11 is 0. The number of aromatic nitrogens is 1. The van der Waals surface area contributed by atoms with Gasteiger partial charge in [-0.25, -0.2) is 5.01 Å². The van der Waals surface area contributed by atoms with Gasteiger partial charge < -0.3 is 9.88 Å². The first-order chi connectivity index (χ1) is 16.9. The molecule has 7 heteroatoms. The summed E-state index contributed by atoms with van der Waals surface area (Å²) in [5.41, 5.74) is 7.48. The molecule has 1 aromatic heterocycles. The van der Waals surface area contributed by atoms with Crippen LogP contribution in [-0.4, -0.2) is 22.3 Å². The first kappa shape index (κ1) is 22.2. The Hall–Kier alpha value is -4.65. The maximum absolute atomic E-state index is 13.1. The highest BCUT2D eigenvalue weighted by Crippen LogP contribution is 2.30. The molecule has 2 N–H and O–H groups in total. The lowest BCUT2D eigenvalue weighted by molar-refractivity contribution is -0.118. The van der Waals surface area contributed by atoms with Gasteiger partial charge in [-0.1, -0.05) is 54.1 Å². The second-order valence-electron chi connectivity index (χ2n) is 8.49. The maximum Gasteiger partial charge on any atom is 0.282 e. The summed E-state index contributed by atoms with van der Waals surface area (Å²) in [6.45, 7) is 3.98. The Morgan fingerprint density at radius 1 is 0.914 bits per heavy atom. The summed E-state index contributed by atoms with van der Waals surface area (Å²) in [7, 11) is 0. The molecule has 2 heterocycles. The molecular weight excluding hydrogens is 440 g/mol. The van der Waals surface area contributed by atoms with E-state index in [1.165, 1.54) is 5.01 Å². The Bertz CT molecular complexity index is 1480. The third-order valence-electron chi connectivity index (χ3n) is 6.11. The van der Waals surface area contributed by atoms with Crippen LogP contribution in [0.5, 0.6) is 0 Å². The topological polar surface area (TPSA) is 83.4 Å². The van der Waals surface area contributed by atoms with Gasteiger partial charge >= 0.3 is 0 Å². The van der Waals surface area contributed by atoms with Crippen LogP contribution >= 0.6 is 0 Å². The van der Waals surface area contributed by atoms with Crippen molar-refractivity contribution in [3.63, 3.8) is 0 Å². The van der Waals surface area contributed by atoms with E-state index in [9.17, 15) is 14.4 Å². The van der Waals surface area contributed by atoms with Gasteiger partial charge in [-0.15, -0.1) is 0 Å². The lowest BCUT2D eigenvalue weighted by Gasteiger charge is -2.13. The van der Waals surface area contributed by atoms with Crippen molar-refractivity contribution < 1.29 is 14.4 Å². The zero-order valence-electron chi connectivity index (χ0n) is 19.4. The van der Waals surface area contributed by atoms with Gasteiger partial charge in [0, 0.05) is 27.8 Å². The van der Waals surface area contributed by atoms with Crippen LogP contribution in [0.4, 0.5) is 11.4 Å². The fraction of sp³-hybridized carbons (Fsp3) is 0.107. The zero-order chi connectivity index (χ0) is 24.5. The SMILES string of the molecule is Cc1ccc(NC(=O)Cn2c(C)c(/C=C3/C(=O)NN(c4ccccc4)C3=O)c3ccccc32)cc1. The lowest BCUT2D eigenvalue weighted by Crippen LogP contribution is -2.35. The van der Waals surface area contributed by atoms with Gasteiger partial charge in [0.05, 0.1) is 5.69 Å². The smallest absolute Gasteiger partial charge is 0.282 e. The van der Waals surface area contributed by atoms with Crippen molar-refractivity contribution in [1.82, 2.24) is 9.99 Å². The number of amides is 3. The normalized spacial score (nSPS) is 14.6. The highest BCUT2D eigenvalue weighted by Gasteiger charge is 2.35. The molecule has 0 spiro atoms. The van der Waals surface area contributed by atoms with E-state index in [-0.39, 0.29) is 18.0 Å². The van der Waals surface area contributed by atoms with Crippen LogP contribution in [0.15, 0.2) is 84.4 Å². The predicted octanol–water partition coefficient (Wildman–Crippen LogP) is 4.36. The minimum absolute atomic E-state index is 0.0453. The number of benzene rings is 3. The van der Waals surface area contributed by atoms with E-state index in [1.807, 2.05) is 73.0 Å². The molecule has 3 aromatic carbocycles. The molecule has 0 saturated carbocycles. The molecule has 0 aliphatic carbocycles. The van der Waals surface area contributed by atoms with E-state index in [1.54, 1.807) is 30.3 Å². The van der Waals surface area contributed by atoms with Crippen LogP contribution < -0.4 is 15.8 Å². The molecule has 1 aliphatic rings. The Morgan fingerprint density at radius 3 is 2.34 bits per heavy atom. The third-order valence-corrected chi connectivity index (χ3v) is 6.11. The van der Waals surface area contributed by atoms with Gasteiger partial charge in [0.15, 0.2) is 0 Å². The molecule has 0 unspecified atom stereocenters. The predicted molar refractivity (Wildman–Crippen MR) is 137 cm³/mol. The number of carbonyl (C=O) groups is 3. The van der Waals surface area contributed by atoms with E-state index in [4.69, 9.17) is 0 Å². The largest absolute Gasteiger partial charge is 0.335 e. The maximum atomic E-state index is 13.1. The second-order valence-corrected chi connectivity index (χ2v) is 8.49. The molecule has 1 aliphatic heterocycles. The van der Waals surface area contributed by atoms with Crippen LogP contribution in [0, 0.1) is 13.8 Å². The van der Waals surface area contributed by atoms with Crippen molar-refractivity contribution in [3.05, 3.63) is 101 Å². The number of hydrogen-bond acceptors (Lipinski definition) is 3. The summed E-state index contributed by atoms with van der Waals surface area (Å²) in [5, 5.41) is 5.04. The van der Waals surface area contributed by atoms with Crippen molar-refractivity contribution in [2.45, 2.75) is 20.4 Å². The fourth-order valence-corrected chi connectivity index (χ4v) is 4.29. The van der Waals surface area contributed by atoms with Crippen LogP contribution in [0.3, 0.4) is 0 Å². The van der Waals surface area contributed by atoms with Gasteiger partial charge in [0.2, 0.25) is 5.91 Å². The summed E-state index contributed by atoms with van der Waals surface area (Å²) in [6, 6.07) is 24.2. The molecular formula is C28H24N4O3. The molecule has 3 amide bonds. The van der Waals surface area contributed by atoms with Crippen LogP contribution in [-0.2, 0) is 20.9 Å². The molecule has 0 bridgehead atoms. The third kappa shape index (κ3) is 4.19. The molecule has 5 rings (SSSR count). The second kappa shape index (κ2) is 8.95. The zero-order valence-corrected chi connectivity index (χ0v) is 19.4. The van der Waals surface area contributed by atoms with Crippen LogP contribution in [0.1, 0.15) is 16.8 Å². The molecule has 1 fully saturated rings. The first-order valence-electron chi connectivity index (χ1n) is 11.3. The standard InChI is InChI=1S/C28H24N4O3/c1-18-12-14-20(15-13-18)29-26(33)17-31-19(2)23(22-10-6-7-11-25(22)31)16-24-27(34)30-32(28(24)35)21-8-4-3-5-9-21/h3-16H,17H2,1-2H3,(H,29,33)(H,30,34)/b24-16-. The summed E-state index contributed by atoms with van der Waals surface area (Å²) < 4.78 is 1.90. The van der Waals surface area contributed by atoms with Gasteiger partial charge in [-0.2, -0.15) is 0 Å². The Balaban J connectivity index is 1.49. The number of anilines is 2. The molecule has 0 radical (unpaired) electrons. The number of fused-ring (bicyclic) bond motifs is 1. The van der Waals surface area contributed by atoms with Crippen molar-refractivity contribution in [3.8, 4) is 0 Å². The van der Waals surface area contributed by atoms with Crippen molar-refractivity contribution in [1.29, 1.82) is 0 Å². The molecule has 0 atom stereocenters. The minimum atomic E-state index is -0.466. The number of hydrazine groups is 1. The van der Waals surface area contributed by atoms with E-state index in [0.29, 0.717) is 5.69 Å². The van der Waals surface area contributed by atoms with E-state index in [2.05, 4.69) is 10.7 Å². The Labute approximate surface area is 202 Å². The summed E-state index contributed by atoms with van der Waals surface area (Å²) in [6.07, 6.45) is 1.62. The summed E-state index contributed by atoms with van der Waals surface area (Å²) in [4.78, 5) is 38.7. The van der Waals surface area contributed by atoms with Crippen LogP contribution in [0.2, 0.25) is 0 Å². The number of hydrogen-bond donors (Lipinski definition) is 2. The highest BCUT2D eigenvalue weighted by molar-refractivity contribution is 6.32. The number of carbonyl (C=O) groups excluding carboxylic acids is 3. The first-order valence-corrected chi connectivity index (χ1v) is 11.3. The number of para-hydroxylation sites is 2. The molecule has 4 aromatic rings. The van der Waals surface area contributed by atoms with Gasteiger partial charge in [0.1, 0.15) is 12.1 Å². The van der Waals surface area contributed by atoms with Gasteiger partial charge in [-0.3, -0.25) is 19.8 Å². The molecule has 1 saturated heterocycles. The molecule has 174 valence electrons. The van der Waals surface area contributed by atoms with Gasteiger partial charge in [0.25, 0.3) is 11.8 Å². The van der Waals surface area contributed by atoms with E-state index >= 15 is 0 Å².